The van der Waals surface area contributed by atoms with Gasteiger partial charge in [-0.05, 0) is 37.6 Å². The van der Waals surface area contributed by atoms with E-state index in [1.54, 1.807) is 17.9 Å². The molecule has 1 fully saturated rings. The third kappa shape index (κ3) is 5.26. The van der Waals surface area contributed by atoms with Gasteiger partial charge < -0.3 is 24.1 Å². The lowest BCUT2D eigenvalue weighted by Gasteiger charge is -2.38. The lowest BCUT2D eigenvalue weighted by Crippen LogP contribution is -2.57. The lowest BCUT2D eigenvalue weighted by atomic mass is 10.2. The molecule has 2 amide bonds. The van der Waals surface area contributed by atoms with E-state index in [4.69, 9.17) is 13.9 Å². The van der Waals surface area contributed by atoms with Crippen molar-refractivity contribution < 1.29 is 18.7 Å². The predicted molar refractivity (Wildman–Crippen MR) is 102 cm³/mol. The van der Waals surface area contributed by atoms with Crippen LogP contribution in [-0.2, 0) is 0 Å². The number of ether oxygens (including phenoxy) is 2. The van der Waals surface area contributed by atoms with Gasteiger partial charge in [-0.1, -0.05) is 13.3 Å². The van der Waals surface area contributed by atoms with Crippen LogP contribution in [-0.4, -0.2) is 36.7 Å². The fourth-order valence-corrected chi connectivity index (χ4v) is 2.69. The van der Waals surface area contributed by atoms with Crippen LogP contribution < -0.4 is 20.4 Å². The molecule has 0 spiro atoms. The molecular formula is C20H24N2O5. The topological polar surface area (TPSA) is 81.0 Å². The van der Waals surface area contributed by atoms with Crippen LogP contribution in [0.1, 0.15) is 25.5 Å². The van der Waals surface area contributed by atoms with Gasteiger partial charge in [0.2, 0.25) is 0 Å². The molecule has 0 aliphatic carbocycles. The zero-order valence-corrected chi connectivity index (χ0v) is 15.6. The van der Waals surface area contributed by atoms with E-state index in [9.17, 15) is 9.59 Å². The molecule has 1 N–H and O–H groups in total. The van der Waals surface area contributed by atoms with Crippen molar-refractivity contribution in [2.75, 3.05) is 25.0 Å². The first-order valence-corrected chi connectivity index (χ1v) is 9.10. The summed E-state index contributed by atoms with van der Waals surface area (Å²) in [6.07, 6.45) is 1.97. The molecule has 3 rings (SSSR count). The van der Waals surface area contributed by atoms with Gasteiger partial charge >= 0.3 is 11.7 Å². The fraction of sp³-hybridized carbons (Fsp3) is 0.400. The second-order valence-corrected chi connectivity index (χ2v) is 6.52. The second kappa shape index (κ2) is 8.62. The van der Waals surface area contributed by atoms with Gasteiger partial charge in [0.05, 0.1) is 25.8 Å². The van der Waals surface area contributed by atoms with Crippen LogP contribution in [0.15, 0.2) is 45.6 Å². The molecule has 7 heteroatoms. The van der Waals surface area contributed by atoms with Crippen molar-refractivity contribution in [1.82, 2.24) is 4.90 Å². The molecule has 1 saturated heterocycles. The number of hydrogen-bond acceptors (Lipinski definition) is 5. The minimum atomic E-state index is -0.443. The Balaban J connectivity index is 1.44. The fourth-order valence-electron chi connectivity index (χ4n) is 2.69. The van der Waals surface area contributed by atoms with Crippen molar-refractivity contribution in [1.29, 1.82) is 0 Å². The van der Waals surface area contributed by atoms with Gasteiger partial charge in [-0.25, -0.2) is 9.59 Å². The van der Waals surface area contributed by atoms with Gasteiger partial charge in [-0.15, -0.1) is 0 Å². The number of nitrogens with zero attached hydrogens (tertiary/aromatic N) is 1. The lowest BCUT2D eigenvalue weighted by molar-refractivity contribution is 0.0487. The summed E-state index contributed by atoms with van der Waals surface area (Å²) in [5.74, 6) is 1.75. The summed E-state index contributed by atoms with van der Waals surface area (Å²) in [7, 11) is 0. The number of amides is 2. The molecule has 1 aromatic heterocycles. The van der Waals surface area contributed by atoms with E-state index in [2.05, 4.69) is 12.2 Å². The van der Waals surface area contributed by atoms with Crippen LogP contribution >= 0.6 is 0 Å². The van der Waals surface area contributed by atoms with Crippen LogP contribution in [0.4, 0.5) is 10.5 Å². The maximum atomic E-state index is 12.3. The summed E-state index contributed by atoms with van der Waals surface area (Å²) < 4.78 is 16.2. The van der Waals surface area contributed by atoms with E-state index in [0.29, 0.717) is 36.9 Å². The van der Waals surface area contributed by atoms with Gasteiger partial charge in [0.25, 0.3) is 0 Å². The van der Waals surface area contributed by atoms with E-state index >= 15 is 0 Å². The molecular weight excluding hydrogens is 348 g/mol. The SMILES string of the molecule is CCCCOc1ccc(NC(=O)N2CC(Oc3cc(C)oc(=O)c3)C2)cc1. The molecule has 2 heterocycles. The largest absolute Gasteiger partial charge is 0.494 e. The van der Waals surface area contributed by atoms with E-state index in [1.165, 1.54) is 6.07 Å². The molecule has 0 saturated carbocycles. The van der Waals surface area contributed by atoms with Crippen LogP contribution in [0.2, 0.25) is 0 Å². The number of carbonyl (C=O) groups excluding carboxylic acids is 1. The Morgan fingerprint density at radius 2 is 1.96 bits per heavy atom. The Bertz CT molecular complexity index is 825. The minimum Gasteiger partial charge on any atom is -0.494 e. The first-order valence-electron chi connectivity index (χ1n) is 9.10. The van der Waals surface area contributed by atoms with Crippen molar-refractivity contribution in [3.63, 3.8) is 0 Å². The molecule has 27 heavy (non-hydrogen) atoms. The van der Waals surface area contributed by atoms with Gasteiger partial charge in [0, 0.05) is 11.8 Å². The number of carbonyl (C=O) groups is 1. The molecule has 0 atom stereocenters. The highest BCUT2D eigenvalue weighted by Crippen LogP contribution is 2.20. The third-order valence-corrected chi connectivity index (χ3v) is 4.18. The van der Waals surface area contributed by atoms with Crippen LogP contribution in [0.3, 0.4) is 0 Å². The van der Waals surface area contributed by atoms with E-state index in [-0.39, 0.29) is 12.1 Å². The summed E-state index contributed by atoms with van der Waals surface area (Å²) in [5.41, 5.74) is 0.268. The number of likely N-dealkylation sites (tertiary alicyclic amines) is 1. The van der Waals surface area contributed by atoms with Crippen molar-refractivity contribution in [3.05, 3.63) is 52.6 Å². The Labute approximate surface area is 157 Å². The molecule has 1 aromatic carbocycles. The quantitative estimate of drug-likeness (QED) is 0.753. The predicted octanol–water partition coefficient (Wildman–Crippen LogP) is 3.42. The highest BCUT2D eigenvalue weighted by atomic mass is 16.5. The summed E-state index contributed by atoms with van der Waals surface area (Å²) >= 11 is 0. The highest BCUT2D eigenvalue weighted by Gasteiger charge is 2.32. The first kappa shape index (κ1) is 18.8. The molecule has 144 valence electrons. The summed E-state index contributed by atoms with van der Waals surface area (Å²) in [4.78, 5) is 25.2. The van der Waals surface area contributed by atoms with Crippen molar-refractivity contribution in [2.24, 2.45) is 0 Å². The molecule has 0 bridgehead atoms. The number of benzene rings is 1. The van der Waals surface area contributed by atoms with E-state index in [0.717, 1.165) is 18.6 Å². The number of rotatable bonds is 7. The Kier molecular flexibility index (Phi) is 6.01. The summed E-state index contributed by atoms with van der Waals surface area (Å²) in [5, 5.41) is 2.85. The minimum absolute atomic E-state index is 0.133. The normalized spacial score (nSPS) is 13.8. The first-order chi connectivity index (χ1) is 13.0. The molecule has 1 aliphatic rings. The van der Waals surface area contributed by atoms with Crippen molar-refractivity contribution >= 4 is 11.7 Å². The summed E-state index contributed by atoms with van der Waals surface area (Å²) in [6, 6.07) is 10.1. The van der Waals surface area contributed by atoms with Gasteiger partial charge in [-0.3, -0.25) is 0 Å². The number of aryl methyl sites for hydroxylation is 1. The number of anilines is 1. The monoisotopic (exact) mass is 372 g/mol. The average molecular weight is 372 g/mol. The second-order valence-electron chi connectivity index (χ2n) is 6.52. The van der Waals surface area contributed by atoms with Crippen LogP contribution in [0, 0.1) is 6.92 Å². The van der Waals surface area contributed by atoms with E-state index in [1.807, 2.05) is 24.3 Å². The molecule has 1 aliphatic heterocycles. The Morgan fingerprint density at radius 3 is 2.63 bits per heavy atom. The number of nitrogens with one attached hydrogen (secondary N) is 1. The smallest absolute Gasteiger partial charge is 0.339 e. The van der Waals surface area contributed by atoms with Gasteiger partial charge in [0.15, 0.2) is 0 Å². The molecule has 0 unspecified atom stereocenters. The maximum Gasteiger partial charge on any atom is 0.339 e. The zero-order valence-electron chi connectivity index (χ0n) is 15.6. The molecule has 7 nitrogen and oxygen atoms in total. The highest BCUT2D eigenvalue weighted by molar-refractivity contribution is 5.90. The Morgan fingerprint density at radius 1 is 1.22 bits per heavy atom. The van der Waals surface area contributed by atoms with Gasteiger partial charge in [-0.2, -0.15) is 0 Å². The van der Waals surface area contributed by atoms with Crippen molar-refractivity contribution in [2.45, 2.75) is 32.8 Å². The Hall–Kier alpha value is -2.96. The zero-order chi connectivity index (χ0) is 19.2. The number of urea groups is 1. The molecule has 0 radical (unpaired) electrons. The third-order valence-electron chi connectivity index (χ3n) is 4.18. The van der Waals surface area contributed by atoms with Crippen LogP contribution in [0.5, 0.6) is 11.5 Å². The average Bonchev–Trinajstić information content (AvgIpc) is 2.58. The van der Waals surface area contributed by atoms with E-state index < -0.39 is 5.63 Å². The number of hydrogen-bond donors (Lipinski definition) is 1. The van der Waals surface area contributed by atoms with Crippen LogP contribution in [0.25, 0.3) is 0 Å². The van der Waals surface area contributed by atoms with Gasteiger partial charge in [0.1, 0.15) is 23.4 Å². The van der Waals surface area contributed by atoms with Crippen molar-refractivity contribution in [3.8, 4) is 11.5 Å². The maximum absolute atomic E-state index is 12.3. The molecule has 2 aromatic rings. The summed E-state index contributed by atoms with van der Waals surface area (Å²) in [6.45, 7) is 5.42. The standard InChI is InChI=1S/C20H24N2O5/c1-3-4-9-25-16-7-5-15(6-8-16)21-20(24)22-12-18(13-22)27-17-10-14(2)26-19(23)11-17/h5-8,10-11,18H,3-4,9,12-13H2,1-2H3,(H,21,24). The number of unbranched alkanes of at least 4 members (excludes halogenated alkanes) is 1.